The number of carboxylic acids is 1. The number of nitrogens with zero attached hydrogens (tertiary/aromatic N) is 2. The van der Waals surface area contributed by atoms with Gasteiger partial charge in [0.2, 0.25) is 0 Å². The molecule has 10 heteroatoms. The highest BCUT2D eigenvalue weighted by atomic mass is 32.1. The van der Waals surface area contributed by atoms with Crippen molar-refractivity contribution in [2.24, 2.45) is 0 Å². The largest absolute Gasteiger partial charge is 0.480 e. The number of thiophene rings is 1. The first-order chi connectivity index (χ1) is 15.1. The smallest absolute Gasteiger partial charge is 0.326 e. The summed E-state index contributed by atoms with van der Waals surface area (Å²) in [4.78, 5) is 56.5. The molecule has 0 saturated heterocycles. The molecule has 1 amide bonds. The molecule has 0 aliphatic carbocycles. The van der Waals surface area contributed by atoms with Crippen molar-refractivity contribution in [2.75, 3.05) is 11.9 Å². The Kier molecular flexibility index (Phi) is 7.04. The molecule has 1 atom stereocenters. The first kappa shape index (κ1) is 23.1. The van der Waals surface area contributed by atoms with Crippen molar-refractivity contribution in [3.05, 3.63) is 57.0 Å². The standard InChI is InChI=1S/C22H24N4O5S/c1-12(27)4-6-17(22(30)31)25-21(29)18-8-9-19(32-18)26(3)11-14-5-7-16-15(10-14)20(28)24-13(2)23-16/h5,7-10,17H,4,6,11H2,1-3H3,(H,25,29)(H,30,31)(H,23,24,28)/t17-/m0/s1. The second-order valence-corrected chi connectivity index (χ2v) is 8.66. The molecule has 0 unspecified atom stereocenters. The van der Waals surface area contributed by atoms with Crippen LogP contribution in [0.1, 0.15) is 40.8 Å². The van der Waals surface area contributed by atoms with E-state index in [0.717, 1.165) is 10.6 Å². The van der Waals surface area contributed by atoms with Gasteiger partial charge in [0.1, 0.15) is 17.6 Å². The fraction of sp³-hybridized carbons (Fsp3) is 0.318. The number of aryl methyl sites for hydroxylation is 1. The summed E-state index contributed by atoms with van der Waals surface area (Å²) in [7, 11) is 1.86. The highest BCUT2D eigenvalue weighted by Crippen LogP contribution is 2.27. The van der Waals surface area contributed by atoms with Gasteiger partial charge in [-0.1, -0.05) is 6.07 Å². The van der Waals surface area contributed by atoms with Gasteiger partial charge in [-0.25, -0.2) is 9.78 Å². The van der Waals surface area contributed by atoms with E-state index < -0.39 is 17.9 Å². The molecule has 0 fully saturated rings. The molecular weight excluding hydrogens is 432 g/mol. The summed E-state index contributed by atoms with van der Waals surface area (Å²) in [5, 5.41) is 13.1. The van der Waals surface area contributed by atoms with Crippen LogP contribution in [0.15, 0.2) is 35.1 Å². The van der Waals surface area contributed by atoms with E-state index in [1.807, 2.05) is 18.0 Å². The van der Waals surface area contributed by atoms with Gasteiger partial charge in [0.15, 0.2) is 0 Å². The van der Waals surface area contributed by atoms with Crippen LogP contribution in [-0.4, -0.2) is 45.8 Å². The second-order valence-electron chi connectivity index (χ2n) is 7.60. The number of hydrogen-bond donors (Lipinski definition) is 3. The van der Waals surface area contributed by atoms with Gasteiger partial charge >= 0.3 is 5.97 Å². The lowest BCUT2D eigenvalue weighted by Crippen LogP contribution is -2.40. The van der Waals surface area contributed by atoms with E-state index in [1.165, 1.54) is 18.3 Å². The molecule has 0 aliphatic rings. The topological polar surface area (TPSA) is 132 Å². The van der Waals surface area contributed by atoms with Gasteiger partial charge in [-0.05, 0) is 50.1 Å². The number of aromatic amines is 1. The fourth-order valence-electron chi connectivity index (χ4n) is 3.24. The van der Waals surface area contributed by atoms with Crippen LogP contribution < -0.4 is 15.8 Å². The van der Waals surface area contributed by atoms with Crippen molar-refractivity contribution in [3.8, 4) is 0 Å². The molecule has 3 aromatic rings. The van der Waals surface area contributed by atoms with Crippen LogP contribution in [0.25, 0.3) is 10.9 Å². The number of carbonyl (C=O) groups excluding carboxylic acids is 2. The summed E-state index contributed by atoms with van der Waals surface area (Å²) in [6.45, 7) is 3.61. The molecule has 2 heterocycles. The Morgan fingerprint density at radius 1 is 1.25 bits per heavy atom. The molecule has 0 bridgehead atoms. The predicted molar refractivity (Wildman–Crippen MR) is 122 cm³/mol. The third kappa shape index (κ3) is 5.58. The molecule has 1 aromatic carbocycles. The van der Waals surface area contributed by atoms with E-state index in [2.05, 4.69) is 15.3 Å². The Morgan fingerprint density at radius 2 is 2.00 bits per heavy atom. The maximum absolute atomic E-state index is 12.5. The van der Waals surface area contributed by atoms with Crippen LogP contribution in [0, 0.1) is 6.92 Å². The number of rotatable bonds is 9. The molecule has 9 nitrogen and oxygen atoms in total. The minimum atomic E-state index is -1.18. The molecule has 0 aliphatic heterocycles. The van der Waals surface area contributed by atoms with Crippen LogP contribution >= 0.6 is 11.3 Å². The second kappa shape index (κ2) is 9.73. The van der Waals surface area contributed by atoms with E-state index in [-0.39, 0.29) is 24.2 Å². The number of hydrogen-bond acceptors (Lipinski definition) is 7. The summed E-state index contributed by atoms with van der Waals surface area (Å²) in [6, 6.07) is 7.80. The number of benzene rings is 1. The highest BCUT2D eigenvalue weighted by molar-refractivity contribution is 7.17. The SMILES string of the molecule is CC(=O)CC[C@H](NC(=O)c1ccc(N(C)Cc2ccc3nc(C)[nH]c(=O)c3c2)s1)C(=O)O. The van der Waals surface area contributed by atoms with Gasteiger partial charge in [0.25, 0.3) is 11.5 Å². The number of amides is 1. The Morgan fingerprint density at radius 3 is 2.69 bits per heavy atom. The van der Waals surface area contributed by atoms with Gasteiger partial charge in [-0.2, -0.15) is 0 Å². The number of aliphatic carboxylic acids is 1. The van der Waals surface area contributed by atoms with Crippen molar-refractivity contribution < 1.29 is 19.5 Å². The number of carbonyl (C=O) groups is 3. The zero-order valence-corrected chi connectivity index (χ0v) is 18.8. The molecule has 0 spiro atoms. The Labute approximate surface area is 188 Å². The predicted octanol–water partition coefficient (Wildman–Crippen LogP) is 2.48. The van der Waals surface area contributed by atoms with Crippen molar-refractivity contribution >= 4 is 44.9 Å². The average molecular weight is 457 g/mol. The maximum Gasteiger partial charge on any atom is 0.326 e. The average Bonchev–Trinajstić information content (AvgIpc) is 3.21. The van der Waals surface area contributed by atoms with Crippen molar-refractivity contribution in [2.45, 2.75) is 39.3 Å². The molecule has 0 saturated carbocycles. The van der Waals surface area contributed by atoms with E-state index in [9.17, 15) is 24.3 Å². The highest BCUT2D eigenvalue weighted by Gasteiger charge is 2.22. The van der Waals surface area contributed by atoms with Gasteiger partial charge in [0, 0.05) is 20.0 Å². The number of nitrogens with one attached hydrogen (secondary N) is 2. The van der Waals surface area contributed by atoms with Crippen molar-refractivity contribution in [3.63, 3.8) is 0 Å². The molecule has 3 N–H and O–H groups in total. The van der Waals surface area contributed by atoms with Gasteiger partial charge in [-0.3, -0.25) is 9.59 Å². The van der Waals surface area contributed by atoms with Crippen LogP contribution in [0.3, 0.4) is 0 Å². The number of ketones is 1. The number of anilines is 1. The number of Topliss-reactive ketones (excluding diaryl/α,β-unsaturated/α-hetero) is 1. The lowest BCUT2D eigenvalue weighted by molar-refractivity contribution is -0.139. The fourth-order valence-corrected chi connectivity index (χ4v) is 4.11. The van der Waals surface area contributed by atoms with Gasteiger partial charge < -0.3 is 25.1 Å². The van der Waals surface area contributed by atoms with Crippen LogP contribution in [0.4, 0.5) is 5.00 Å². The van der Waals surface area contributed by atoms with Gasteiger partial charge in [-0.15, -0.1) is 11.3 Å². The molecule has 2 aromatic heterocycles. The minimum Gasteiger partial charge on any atom is -0.480 e. The molecule has 0 radical (unpaired) electrons. The van der Waals surface area contributed by atoms with E-state index >= 15 is 0 Å². The number of aromatic nitrogens is 2. The molecule has 168 valence electrons. The summed E-state index contributed by atoms with van der Waals surface area (Å²) in [6.07, 6.45) is 0.128. The van der Waals surface area contributed by atoms with E-state index in [4.69, 9.17) is 0 Å². The Hall–Kier alpha value is -3.53. The first-order valence-corrected chi connectivity index (χ1v) is 10.8. The van der Waals surface area contributed by atoms with Crippen molar-refractivity contribution in [1.29, 1.82) is 0 Å². The Bertz CT molecular complexity index is 1230. The lowest BCUT2D eigenvalue weighted by atomic mass is 10.1. The van der Waals surface area contributed by atoms with E-state index in [0.29, 0.717) is 28.1 Å². The lowest BCUT2D eigenvalue weighted by Gasteiger charge is -2.17. The third-order valence-electron chi connectivity index (χ3n) is 4.89. The Balaban J connectivity index is 1.70. The van der Waals surface area contributed by atoms with Crippen LogP contribution in [0.2, 0.25) is 0 Å². The number of carboxylic acid groups (broad SMARTS) is 1. The summed E-state index contributed by atoms with van der Waals surface area (Å²) < 4.78 is 0. The number of fused-ring (bicyclic) bond motifs is 1. The van der Waals surface area contributed by atoms with Gasteiger partial charge in [0.05, 0.1) is 20.8 Å². The zero-order chi connectivity index (χ0) is 23.4. The number of H-pyrrole nitrogens is 1. The van der Waals surface area contributed by atoms with Crippen LogP contribution in [0.5, 0.6) is 0 Å². The van der Waals surface area contributed by atoms with Crippen molar-refractivity contribution in [1.82, 2.24) is 15.3 Å². The quantitative estimate of drug-likeness (QED) is 0.450. The normalized spacial score (nSPS) is 11.8. The maximum atomic E-state index is 12.5. The summed E-state index contributed by atoms with van der Waals surface area (Å²) in [5.41, 5.74) is 1.35. The van der Waals surface area contributed by atoms with Crippen LogP contribution in [-0.2, 0) is 16.1 Å². The minimum absolute atomic E-state index is 0.0457. The molecular formula is C22H24N4O5S. The monoisotopic (exact) mass is 456 g/mol. The first-order valence-electron chi connectivity index (χ1n) is 9.97. The summed E-state index contributed by atoms with van der Waals surface area (Å²) >= 11 is 1.23. The summed E-state index contributed by atoms with van der Waals surface area (Å²) in [5.74, 6) is -1.25. The third-order valence-corrected chi connectivity index (χ3v) is 6.09. The zero-order valence-electron chi connectivity index (χ0n) is 18.0. The molecule has 32 heavy (non-hydrogen) atoms. The van der Waals surface area contributed by atoms with E-state index in [1.54, 1.807) is 31.2 Å². The molecule has 3 rings (SSSR count).